The quantitative estimate of drug-likeness (QED) is 0.878. The van der Waals surface area contributed by atoms with Gasteiger partial charge in [0.05, 0.1) is 0 Å². The third-order valence-electron chi connectivity index (χ3n) is 5.07. The molecule has 1 saturated carbocycles. The Labute approximate surface area is 129 Å². The van der Waals surface area contributed by atoms with E-state index < -0.39 is 0 Å². The van der Waals surface area contributed by atoms with Crippen molar-refractivity contribution in [3.8, 4) is 0 Å². The van der Waals surface area contributed by atoms with E-state index >= 15 is 0 Å². The highest BCUT2D eigenvalue weighted by Crippen LogP contribution is 2.63. The van der Waals surface area contributed by atoms with Gasteiger partial charge in [-0.15, -0.1) is 0 Å². The summed E-state index contributed by atoms with van der Waals surface area (Å²) in [4.78, 5) is 9.37. The van der Waals surface area contributed by atoms with Crippen molar-refractivity contribution >= 4 is 11.6 Å². The van der Waals surface area contributed by atoms with E-state index in [1.807, 2.05) is 6.07 Å². The second-order valence-corrected chi connectivity index (χ2v) is 8.26. The van der Waals surface area contributed by atoms with Gasteiger partial charge in [-0.25, -0.2) is 9.97 Å². The Hall–Kier alpha value is -1.32. The van der Waals surface area contributed by atoms with Gasteiger partial charge < -0.3 is 10.6 Å². The van der Waals surface area contributed by atoms with Gasteiger partial charge in [-0.2, -0.15) is 0 Å². The number of anilines is 2. The largest absolute Gasteiger partial charge is 0.370 e. The van der Waals surface area contributed by atoms with Crippen LogP contribution in [0.15, 0.2) is 6.07 Å². The molecule has 0 aromatic carbocycles. The molecular formula is C17H30N4. The second-order valence-electron chi connectivity index (χ2n) is 8.26. The Bertz CT molecular complexity index is 512. The van der Waals surface area contributed by atoms with E-state index in [2.05, 4.69) is 71.0 Å². The molecule has 0 aliphatic heterocycles. The topological polar surface area (TPSA) is 49.8 Å². The number of nitrogens with zero attached hydrogens (tertiary/aromatic N) is 2. The minimum absolute atomic E-state index is 0.0591. The standard InChI is InChI=1S/C17H30N4/c1-9-18-11-10-12(21-14(20-11)15(2,3)4)19-13-16(5,6)17(13,7)8/h10,13H,9H2,1-8H3,(H2,18,19,20,21). The highest BCUT2D eigenvalue weighted by atomic mass is 15.1. The lowest BCUT2D eigenvalue weighted by Crippen LogP contribution is -2.20. The predicted octanol–water partition coefficient (Wildman–Crippen LogP) is 4.05. The maximum Gasteiger partial charge on any atom is 0.138 e. The van der Waals surface area contributed by atoms with Gasteiger partial charge in [0.25, 0.3) is 0 Å². The molecule has 4 heteroatoms. The van der Waals surface area contributed by atoms with Crippen LogP contribution in [-0.2, 0) is 5.41 Å². The van der Waals surface area contributed by atoms with Crippen LogP contribution in [0.25, 0.3) is 0 Å². The van der Waals surface area contributed by atoms with Crippen LogP contribution in [0, 0.1) is 10.8 Å². The van der Waals surface area contributed by atoms with E-state index in [0.29, 0.717) is 6.04 Å². The number of aromatic nitrogens is 2. The van der Waals surface area contributed by atoms with E-state index in [-0.39, 0.29) is 16.2 Å². The zero-order valence-electron chi connectivity index (χ0n) is 14.8. The molecule has 1 heterocycles. The summed E-state index contributed by atoms with van der Waals surface area (Å²) in [5.41, 5.74) is 0.521. The van der Waals surface area contributed by atoms with Gasteiger partial charge in [-0.05, 0) is 17.8 Å². The highest BCUT2D eigenvalue weighted by Gasteiger charge is 2.65. The molecule has 0 radical (unpaired) electrons. The van der Waals surface area contributed by atoms with Crippen molar-refractivity contribution in [3.05, 3.63) is 11.9 Å². The van der Waals surface area contributed by atoms with Crippen molar-refractivity contribution in [2.24, 2.45) is 10.8 Å². The van der Waals surface area contributed by atoms with Crippen molar-refractivity contribution in [2.45, 2.75) is 66.8 Å². The van der Waals surface area contributed by atoms with Crippen LogP contribution in [0.2, 0.25) is 0 Å². The van der Waals surface area contributed by atoms with Crippen molar-refractivity contribution in [2.75, 3.05) is 17.2 Å². The average molecular weight is 290 g/mol. The molecule has 0 amide bonds. The molecule has 0 atom stereocenters. The Morgan fingerprint density at radius 3 is 2.00 bits per heavy atom. The maximum absolute atomic E-state index is 4.74. The summed E-state index contributed by atoms with van der Waals surface area (Å²) in [6.45, 7) is 18.6. The predicted molar refractivity (Wildman–Crippen MR) is 89.9 cm³/mol. The normalized spacial score (nSPS) is 20.2. The summed E-state index contributed by atoms with van der Waals surface area (Å²) in [6.07, 6.45) is 0. The highest BCUT2D eigenvalue weighted by molar-refractivity contribution is 5.51. The van der Waals surface area contributed by atoms with E-state index in [1.54, 1.807) is 0 Å². The Balaban J connectivity index is 2.30. The maximum atomic E-state index is 4.74. The van der Waals surface area contributed by atoms with E-state index in [0.717, 1.165) is 24.0 Å². The fraction of sp³-hybridized carbons (Fsp3) is 0.765. The van der Waals surface area contributed by atoms with E-state index in [4.69, 9.17) is 4.98 Å². The zero-order valence-corrected chi connectivity index (χ0v) is 14.8. The van der Waals surface area contributed by atoms with Crippen LogP contribution in [0.1, 0.15) is 61.2 Å². The lowest BCUT2D eigenvalue weighted by Gasteiger charge is -2.19. The Morgan fingerprint density at radius 2 is 1.57 bits per heavy atom. The van der Waals surface area contributed by atoms with Crippen LogP contribution in [0.5, 0.6) is 0 Å². The van der Waals surface area contributed by atoms with Gasteiger partial charge in [0.15, 0.2) is 0 Å². The summed E-state index contributed by atoms with van der Waals surface area (Å²) in [6, 6.07) is 2.46. The fourth-order valence-corrected chi connectivity index (χ4v) is 2.83. The van der Waals surface area contributed by atoms with Crippen LogP contribution in [0.4, 0.5) is 11.6 Å². The SMILES string of the molecule is CCNc1cc(NC2C(C)(C)C2(C)C)nc(C(C)(C)C)n1. The minimum Gasteiger partial charge on any atom is -0.370 e. The first-order chi connectivity index (χ1) is 9.50. The van der Waals surface area contributed by atoms with Gasteiger partial charge in [-0.1, -0.05) is 48.5 Å². The van der Waals surface area contributed by atoms with Crippen LogP contribution in [-0.4, -0.2) is 22.6 Å². The smallest absolute Gasteiger partial charge is 0.138 e. The lowest BCUT2D eigenvalue weighted by atomic mass is 9.96. The van der Waals surface area contributed by atoms with Crippen molar-refractivity contribution in [1.82, 2.24) is 9.97 Å². The first-order valence-corrected chi connectivity index (χ1v) is 7.90. The molecule has 0 spiro atoms. The molecule has 2 N–H and O–H groups in total. The summed E-state index contributed by atoms with van der Waals surface area (Å²) < 4.78 is 0. The first-order valence-electron chi connectivity index (χ1n) is 7.90. The monoisotopic (exact) mass is 290 g/mol. The molecule has 0 unspecified atom stereocenters. The summed E-state index contributed by atoms with van der Waals surface area (Å²) in [5.74, 6) is 2.70. The molecule has 1 aromatic rings. The molecule has 0 saturated heterocycles. The Morgan fingerprint density at radius 1 is 1.05 bits per heavy atom. The van der Waals surface area contributed by atoms with Gasteiger partial charge in [-0.3, -0.25) is 0 Å². The molecule has 0 bridgehead atoms. The molecule has 1 aromatic heterocycles. The summed E-state index contributed by atoms with van der Waals surface area (Å²) in [5, 5.41) is 6.92. The zero-order chi connectivity index (χ0) is 16.1. The molecular weight excluding hydrogens is 260 g/mol. The van der Waals surface area contributed by atoms with Crippen LogP contribution >= 0.6 is 0 Å². The van der Waals surface area contributed by atoms with Crippen LogP contribution < -0.4 is 10.6 Å². The third-order valence-corrected chi connectivity index (χ3v) is 5.07. The molecule has 1 aliphatic rings. The molecule has 21 heavy (non-hydrogen) atoms. The fourth-order valence-electron chi connectivity index (χ4n) is 2.83. The van der Waals surface area contributed by atoms with E-state index in [9.17, 15) is 0 Å². The average Bonchev–Trinajstić information content (AvgIpc) is 2.71. The number of nitrogens with one attached hydrogen (secondary N) is 2. The number of hydrogen-bond donors (Lipinski definition) is 2. The first kappa shape index (κ1) is 16.1. The summed E-state index contributed by atoms with van der Waals surface area (Å²) in [7, 11) is 0. The summed E-state index contributed by atoms with van der Waals surface area (Å²) >= 11 is 0. The lowest BCUT2D eigenvalue weighted by molar-refractivity contribution is 0.457. The van der Waals surface area contributed by atoms with Gasteiger partial charge in [0.2, 0.25) is 0 Å². The molecule has 2 rings (SSSR count). The van der Waals surface area contributed by atoms with Gasteiger partial charge in [0, 0.05) is 24.1 Å². The van der Waals surface area contributed by atoms with Gasteiger partial charge in [0.1, 0.15) is 17.5 Å². The molecule has 1 fully saturated rings. The number of rotatable bonds is 4. The molecule has 118 valence electrons. The van der Waals surface area contributed by atoms with Crippen molar-refractivity contribution in [1.29, 1.82) is 0 Å². The second kappa shape index (κ2) is 4.85. The Kier molecular flexibility index (Phi) is 3.71. The van der Waals surface area contributed by atoms with Crippen LogP contribution in [0.3, 0.4) is 0 Å². The molecule has 4 nitrogen and oxygen atoms in total. The number of hydrogen-bond acceptors (Lipinski definition) is 4. The van der Waals surface area contributed by atoms with Crippen molar-refractivity contribution < 1.29 is 0 Å². The minimum atomic E-state index is -0.0591. The third kappa shape index (κ3) is 2.85. The van der Waals surface area contributed by atoms with E-state index in [1.165, 1.54) is 0 Å². The van der Waals surface area contributed by atoms with Crippen molar-refractivity contribution in [3.63, 3.8) is 0 Å². The molecule has 1 aliphatic carbocycles. The van der Waals surface area contributed by atoms with Gasteiger partial charge >= 0.3 is 0 Å².